The van der Waals surface area contributed by atoms with Crippen molar-refractivity contribution in [3.8, 4) is 0 Å². The molecule has 0 heterocycles. The standard InChI is InChI=1S/C13H13FN2O2S/c1-19(17,18)11-5-3-10(4-6-11)16-13-7-2-9(14)8-12(13)15/h2-8,16H,15H2,1H3. The van der Waals surface area contributed by atoms with Gasteiger partial charge in [0.2, 0.25) is 0 Å². The second-order valence-corrected chi connectivity index (χ2v) is 6.17. The van der Waals surface area contributed by atoms with Crippen LogP contribution in [0.1, 0.15) is 0 Å². The molecule has 4 nitrogen and oxygen atoms in total. The maximum atomic E-state index is 12.9. The molecular formula is C13H13FN2O2S. The fourth-order valence-electron chi connectivity index (χ4n) is 1.59. The fraction of sp³-hybridized carbons (Fsp3) is 0.0769. The zero-order chi connectivity index (χ0) is 14.0. The lowest BCUT2D eigenvalue weighted by atomic mass is 10.2. The van der Waals surface area contributed by atoms with E-state index in [9.17, 15) is 12.8 Å². The van der Waals surface area contributed by atoms with Crippen molar-refractivity contribution < 1.29 is 12.8 Å². The van der Waals surface area contributed by atoms with Gasteiger partial charge < -0.3 is 11.1 Å². The fourth-order valence-corrected chi connectivity index (χ4v) is 2.22. The van der Waals surface area contributed by atoms with Crippen LogP contribution in [0.4, 0.5) is 21.5 Å². The van der Waals surface area contributed by atoms with Gasteiger partial charge in [0.05, 0.1) is 16.3 Å². The highest BCUT2D eigenvalue weighted by atomic mass is 32.2. The molecule has 0 fully saturated rings. The highest BCUT2D eigenvalue weighted by Gasteiger charge is 2.07. The molecule has 0 radical (unpaired) electrons. The number of nitrogens with one attached hydrogen (secondary N) is 1. The van der Waals surface area contributed by atoms with Crippen LogP contribution in [-0.2, 0) is 9.84 Å². The molecule has 0 unspecified atom stereocenters. The van der Waals surface area contributed by atoms with Crippen LogP contribution in [0.3, 0.4) is 0 Å². The molecule has 0 saturated heterocycles. The molecule has 2 rings (SSSR count). The lowest BCUT2D eigenvalue weighted by Gasteiger charge is -2.09. The topological polar surface area (TPSA) is 72.2 Å². The van der Waals surface area contributed by atoms with E-state index in [4.69, 9.17) is 5.73 Å². The molecule has 0 aliphatic heterocycles. The van der Waals surface area contributed by atoms with Crippen molar-refractivity contribution in [3.05, 3.63) is 48.3 Å². The molecule has 0 aliphatic rings. The Hall–Kier alpha value is -2.08. The van der Waals surface area contributed by atoms with E-state index in [2.05, 4.69) is 5.32 Å². The van der Waals surface area contributed by atoms with Crippen LogP contribution >= 0.6 is 0 Å². The third-order valence-corrected chi connectivity index (χ3v) is 3.70. The lowest BCUT2D eigenvalue weighted by molar-refractivity contribution is 0.602. The zero-order valence-electron chi connectivity index (χ0n) is 10.2. The van der Waals surface area contributed by atoms with Crippen LogP contribution in [0, 0.1) is 5.82 Å². The van der Waals surface area contributed by atoms with E-state index in [-0.39, 0.29) is 10.6 Å². The summed E-state index contributed by atoms with van der Waals surface area (Å²) in [5, 5.41) is 2.99. The van der Waals surface area contributed by atoms with Gasteiger partial charge >= 0.3 is 0 Å². The normalized spacial score (nSPS) is 11.3. The Bertz CT molecular complexity index is 697. The van der Waals surface area contributed by atoms with Crippen molar-refractivity contribution in [2.24, 2.45) is 0 Å². The monoisotopic (exact) mass is 280 g/mol. The number of rotatable bonds is 3. The summed E-state index contributed by atoms with van der Waals surface area (Å²) in [6.07, 6.45) is 1.15. The summed E-state index contributed by atoms with van der Waals surface area (Å²) in [4.78, 5) is 0.241. The van der Waals surface area contributed by atoms with Gasteiger partial charge in [-0.3, -0.25) is 0 Å². The third kappa shape index (κ3) is 3.23. The highest BCUT2D eigenvalue weighted by molar-refractivity contribution is 7.90. The van der Waals surface area contributed by atoms with Crippen LogP contribution < -0.4 is 11.1 Å². The van der Waals surface area contributed by atoms with Gasteiger partial charge in [-0.1, -0.05) is 0 Å². The summed E-state index contributed by atoms with van der Waals surface area (Å²) in [6.45, 7) is 0. The molecule has 3 N–H and O–H groups in total. The molecule has 6 heteroatoms. The maximum Gasteiger partial charge on any atom is 0.175 e. The Morgan fingerprint density at radius 3 is 2.26 bits per heavy atom. The molecule has 100 valence electrons. The van der Waals surface area contributed by atoms with E-state index >= 15 is 0 Å². The summed E-state index contributed by atoms with van der Waals surface area (Å²) in [5.74, 6) is -0.407. The number of nitrogens with two attached hydrogens (primary N) is 1. The molecule has 0 spiro atoms. The predicted octanol–water partition coefficient (Wildman–Crippen LogP) is 2.56. The second-order valence-electron chi connectivity index (χ2n) is 4.15. The second kappa shape index (κ2) is 4.89. The first-order valence-corrected chi connectivity index (χ1v) is 7.37. The van der Waals surface area contributed by atoms with E-state index < -0.39 is 15.7 Å². The molecule has 2 aromatic carbocycles. The largest absolute Gasteiger partial charge is 0.397 e. The minimum Gasteiger partial charge on any atom is -0.397 e. The zero-order valence-corrected chi connectivity index (χ0v) is 11.0. The number of hydrogen-bond acceptors (Lipinski definition) is 4. The first-order valence-electron chi connectivity index (χ1n) is 5.48. The van der Waals surface area contributed by atoms with Crippen molar-refractivity contribution in [1.29, 1.82) is 0 Å². The van der Waals surface area contributed by atoms with Crippen LogP contribution in [0.25, 0.3) is 0 Å². The summed E-state index contributed by atoms with van der Waals surface area (Å²) < 4.78 is 35.5. The van der Waals surface area contributed by atoms with Crippen LogP contribution in [0.5, 0.6) is 0 Å². The van der Waals surface area contributed by atoms with Gasteiger partial charge in [0, 0.05) is 11.9 Å². The van der Waals surface area contributed by atoms with Crippen molar-refractivity contribution >= 4 is 26.9 Å². The van der Waals surface area contributed by atoms with Gasteiger partial charge in [0.25, 0.3) is 0 Å². The number of halogens is 1. The average molecular weight is 280 g/mol. The van der Waals surface area contributed by atoms with Gasteiger partial charge in [-0.25, -0.2) is 12.8 Å². The quantitative estimate of drug-likeness (QED) is 0.848. The maximum absolute atomic E-state index is 12.9. The molecule has 0 bridgehead atoms. The summed E-state index contributed by atoms with van der Waals surface area (Å²) in [6, 6.07) is 10.3. The highest BCUT2D eigenvalue weighted by Crippen LogP contribution is 2.24. The number of nitrogen functional groups attached to an aromatic ring is 1. The van der Waals surface area contributed by atoms with E-state index in [0.29, 0.717) is 11.4 Å². The van der Waals surface area contributed by atoms with Crippen molar-refractivity contribution in [2.75, 3.05) is 17.3 Å². The Labute approximate surface area is 111 Å². The average Bonchev–Trinajstić information content (AvgIpc) is 2.32. The summed E-state index contributed by atoms with van der Waals surface area (Å²) in [7, 11) is -3.21. The van der Waals surface area contributed by atoms with Crippen molar-refractivity contribution in [3.63, 3.8) is 0 Å². The van der Waals surface area contributed by atoms with E-state index in [1.165, 1.54) is 30.3 Å². The third-order valence-electron chi connectivity index (χ3n) is 2.58. The van der Waals surface area contributed by atoms with Gasteiger partial charge in [-0.05, 0) is 42.5 Å². The van der Waals surface area contributed by atoms with Crippen LogP contribution in [0.15, 0.2) is 47.4 Å². The molecule has 0 atom stereocenters. The van der Waals surface area contributed by atoms with Crippen LogP contribution in [-0.4, -0.2) is 14.7 Å². The minimum absolute atomic E-state index is 0.241. The molecule has 0 saturated carbocycles. The number of sulfone groups is 1. The Kier molecular flexibility index (Phi) is 3.44. The SMILES string of the molecule is CS(=O)(=O)c1ccc(Nc2ccc(F)cc2N)cc1. The minimum atomic E-state index is -3.21. The first-order chi connectivity index (χ1) is 8.86. The van der Waals surface area contributed by atoms with Crippen LogP contribution in [0.2, 0.25) is 0 Å². The molecule has 2 aromatic rings. The number of anilines is 3. The predicted molar refractivity (Wildman–Crippen MR) is 73.6 cm³/mol. The number of benzene rings is 2. The number of hydrogen-bond donors (Lipinski definition) is 2. The van der Waals surface area contributed by atoms with E-state index in [1.54, 1.807) is 12.1 Å². The van der Waals surface area contributed by atoms with E-state index in [0.717, 1.165) is 6.26 Å². The van der Waals surface area contributed by atoms with Gasteiger partial charge in [-0.2, -0.15) is 0 Å². The molecule has 19 heavy (non-hydrogen) atoms. The molecule has 0 amide bonds. The molecule has 0 aromatic heterocycles. The lowest BCUT2D eigenvalue weighted by Crippen LogP contribution is -1.99. The first kappa shape index (κ1) is 13.4. The summed E-state index contributed by atoms with van der Waals surface area (Å²) in [5.41, 5.74) is 7.19. The molecule has 0 aliphatic carbocycles. The smallest absolute Gasteiger partial charge is 0.175 e. The van der Waals surface area contributed by atoms with Gasteiger partial charge in [0.1, 0.15) is 5.82 Å². The van der Waals surface area contributed by atoms with E-state index in [1.807, 2.05) is 0 Å². The van der Waals surface area contributed by atoms with Crippen molar-refractivity contribution in [1.82, 2.24) is 0 Å². The Morgan fingerprint density at radius 2 is 1.74 bits per heavy atom. The van der Waals surface area contributed by atoms with Gasteiger partial charge in [0.15, 0.2) is 9.84 Å². The summed E-state index contributed by atoms with van der Waals surface area (Å²) >= 11 is 0. The van der Waals surface area contributed by atoms with Gasteiger partial charge in [-0.15, -0.1) is 0 Å². The Morgan fingerprint density at radius 1 is 1.11 bits per heavy atom. The molecular weight excluding hydrogens is 267 g/mol. The van der Waals surface area contributed by atoms with Crippen molar-refractivity contribution in [2.45, 2.75) is 4.90 Å². The Balaban J connectivity index is 2.25.